The van der Waals surface area contributed by atoms with Gasteiger partial charge in [-0.25, -0.2) is 0 Å². The van der Waals surface area contributed by atoms with Crippen molar-refractivity contribution in [3.63, 3.8) is 0 Å². The third-order valence-electron chi connectivity index (χ3n) is 8.89. The minimum absolute atomic E-state index is 0.0884. The van der Waals surface area contributed by atoms with Crippen LogP contribution in [-0.4, -0.2) is 122 Å². The number of nitrogens with zero attached hydrogens (tertiary/aromatic N) is 5. The minimum atomic E-state index is -0.505. The van der Waals surface area contributed by atoms with Crippen LogP contribution in [-0.2, 0) is 28.7 Å². The first kappa shape index (κ1) is 37.6. The van der Waals surface area contributed by atoms with Gasteiger partial charge in [0.25, 0.3) is 11.8 Å². The average molecular weight is 715 g/mol. The molecule has 2 aliphatic rings. The second kappa shape index (κ2) is 18.5. The highest BCUT2D eigenvalue weighted by Gasteiger charge is 2.42. The molecule has 2 fully saturated rings. The van der Waals surface area contributed by atoms with Gasteiger partial charge in [-0.3, -0.25) is 33.9 Å². The summed E-state index contributed by atoms with van der Waals surface area (Å²) < 4.78 is 16.6. The molecule has 16 nitrogen and oxygen atoms in total. The molecule has 0 bridgehead atoms. The molecular weight excluding hydrogens is 672 g/mol. The first-order valence-corrected chi connectivity index (χ1v) is 17.1. The standard InChI is InChI=1S/C36H42N8O8/c1-43-32(46)19-29(34(43)24-4-2-9-38-21-24)36(49)41-12-15-51-17-16-50-14-11-40-31(45)23-52-26-6-7-27-28(8-10-39-30(27)18-26)35(48)42-22-33(47)44-13-3-5-25(44)20-37/h2,4,6-10,18,21,25,29,34H,3,5,11-17,19,22-23H2,1H3,(H,40,45)(H,41,49)(H,42,48)/t25-,29-,34+/m0/s1. The van der Waals surface area contributed by atoms with E-state index in [-0.39, 0.29) is 69.0 Å². The van der Waals surface area contributed by atoms with Crippen molar-refractivity contribution in [2.24, 2.45) is 5.92 Å². The summed E-state index contributed by atoms with van der Waals surface area (Å²) in [6.07, 6.45) is 6.33. The lowest BCUT2D eigenvalue weighted by molar-refractivity contribution is -0.130. The van der Waals surface area contributed by atoms with Gasteiger partial charge in [-0.05, 0) is 42.7 Å². The van der Waals surface area contributed by atoms with E-state index in [1.807, 2.05) is 6.07 Å². The van der Waals surface area contributed by atoms with Gasteiger partial charge >= 0.3 is 0 Å². The van der Waals surface area contributed by atoms with Crippen molar-refractivity contribution in [2.75, 3.05) is 66.3 Å². The second-order valence-corrected chi connectivity index (χ2v) is 12.3. The number of carbonyl (C=O) groups excluding carboxylic acids is 5. The summed E-state index contributed by atoms with van der Waals surface area (Å²) in [6.45, 7) is 1.74. The molecule has 2 aliphatic heterocycles. The van der Waals surface area contributed by atoms with E-state index in [1.54, 1.807) is 54.7 Å². The Balaban J connectivity index is 0.927. The number of nitrogens with one attached hydrogen (secondary N) is 3. The molecule has 3 aromatic rings. The summed E-state index contributed by atoms with van der Waals surface area (Å²) >= 11 is 0. The number of pyridine rings is 2. The van der Waals surface area contributed by atoms with Crippen LogP contribution in [0.3, 0.4) is 0 Å². The van der Waals surface area contributed by atoms with Crippen LogP contribution in [0.4, 0.5) is 0 Å². The SMILES string of the molecule is CN1C(=O)C[C@H](C(=O)NCCOCCOCCNC(=O)COc2ccc3c(C(=O)NCC(=O)N4CCC[C@H]4C#N)ccnc3c2)[C@H]1c1cccnc1. The summed E-state index contributed by atoms with van der Waals surface area (Å²) in [7, 11) is 1.69. The van der Waals surface area contributed by atoms with E-state index in [2.05, 4.69) is 32.0 Å². The average Bonchev–Trinajstić information content (AvgIpc) is 3.77. The topological polar surface area (TPSA) is 205 Å². The number of rotatable bonds is 17. The zero-order chi connectivity index (χ0) is 36.9. The normalized spacial score (nSPS) is 18.2. The first-order chi connectivity index (χ1) is 25.3. The van der Waals surface area contributed by atoms with Crippen LogP contribution in [0.1, 0.15) is 41.2 Å². The smallest absolute Gasteiger partial charge is 0.258 e. The van der Waals surface area contributed by atoms with Crippen LogP contribution in [0.15, 0.2) is 55.0 Å². The fourth-order valence-electron chi connectivity index (χ4n) is 6.24. The fraction of sp³-hybridized carbons (Fsp3) is 0.444. The maximum Gasteiger partial charge on any atom is 0.258 e. The number of benzene rings is 1. The molecule has 1 aromatic carbocycles. The highest BCUT2D eigenvalue weighted by Crippen LogP contribution is 2.36. The zero-order valence-electron chi connectivity index (χ0n) is 28.9. The number of nitriles is 1. The first-order valence-electron chi connectivity index (χ1n) is 17.1. The van der Waals surface area contributed by atoms with E-state index in [0.29, 0.717) is 54.9 Å². The largest absolute Gasteiger partial charge is 0.484 e. The summed E-state index contributed by atoms with van der Waals surface area (Å²) in [5.74, 6) is -1.51. The maximum atomic E-state index is 12.9. The molecule has 4 heterocycles. The Hall–Kier alpha value is -5.66. The highest BCUT2D eigenvalue weighted by molar-refractivity contribution is 6.07. The monoisotopic (exact) mass is 714 g/mol. The van der Waals surface area contributed by atoms with Gasteiger partial charge in [0.1, 0.15) is 11.8 Å². The van der Waals surface area contributed by atoms with E-state index in [0.717, 1.165) is 12.0 Å². The summed E-state index contributed by atoms with van der Waals surface area (Å²) in [5, 5.41) is 18.0. The van der Waals surface area contributed by atoms with E-state index >= 15 is 0 Å². The number of likely N-dealkylation sites (tertiary alicyclic amines) is 2. The Kier molecular flexibility index (Phi) is 13.4. The van der Waals surface area contributed by atoms with Crippen LogP contribution < -0.4 is 20.7 Å². The van der Waals surface area contributed by atoms with Gasteiger partial charge in [0.15, 0.2) is 6.61 Å². The van der Waals surface area contributed by atoms with Gasteiger partial charge in [-0.1, -0.05) is 6.07 Å². The van der Waals surface area contributed by atoms with Gasteiger partial charge < -0.3 is 40.0 Å². The summed E-state index contributed by atoms with van der Waals surface area (Å²) in [5.41, 5.74) is 1.63. The van der Waals surface area contributed by atoms with Gasteiger partial charge in [-0.2, -0.15) is 5.26 Å². The number of hydrogen-bond acceptors (Lipinski definition) is 11. The lowest BCUT2D eigenvalue weighted by Crippen LogP contribution is -2.42. The second-order valence-electron chi connectivity index (χ2n) is 12.3. The number of amides is 5. The molecule has 3 N–H and O–H groups in total. The summed E-state index contributed by atoms with van der Waals surface area (Å²) in [6, 6.07) is 11.4. The molecule has 5 amide bonds. The predicted octanol–water partition coefficient (Wildman–Crippen LogP) is 0.738. The van der Waals surface area contributed by atoms with Crippen LogP contribution in [0, 0.1) is 17.2 Å². The third kappa shape index (κ3) is 9.77. The molecule has 5 rings (SSSR count). The number of aromatic nitrogens is 2. The maximum absolute atomic E-state index is 12.9. The summed E-state index contributed by atoms with van der Waals surface area (Å²) in [4.78, 5) is 74.3. The Morgan fingerprint density at radius 3 is 2.54 bits per heavy atom. The molecule has 2 saturated heterocycles. The molecular formula is C36H42N8O8. The van der Waals surface area contributed by atoms with Crippen molar-refractivity contribution in [1.82, 2.24) is 35.7 Å². The molecule has 0 saturated carbocycles. The Bertz CT molecular complexity index is 1780. The molecule has 2 aromatic heterocycles. The quantitative estimate of drug-likeness (QED) is 0.166. The molecule has 0 unspecified atom stereocenters. The van der Waals surface area contributed by atoms with Crippen LogP contribution in [0.25, 0.3) is 10.9 Å². The van der Waals surface area contributed by atoms with Crippen LogP contribution >= 0.6 is 0 Å². The molecule has 0 aliphatic carbocycles. The van der Waals surface area contributed by atoms with Crippen molar-refractivity contribution >= 4 is 40.4 Å². The van der Waals surface area contributed by atoms with Crippen LogP contribution in [0.2, 0.25) is 0 Å². The molecule has 274 valence electrons. The van der Waals surface area contributed by atoms with Crippen molar-refractivity contribution < 1.29 is 38.2 Å². The lowest BCUT2D eigenvalue weighted by atomic mass is 9.94. The fourth-order valence-corrected chi connectivity index (χ4v) is 6.24. The molecule has 0 spiro atoms. The Morgan fingerprint density at radius 2 is 1.79 bits per heavy atom. The van der Waals surface area contributed by atoms with Crippen molar-refractivity contribution in [2.45, 2.75) is 31.3 Å². The van der Waals surface area contributed by atoms with Crippen molar-refractivity contribution in [3.05, 3.63) is 66.1 Å². The Morgan fingerprint density at radius 1 is 1.00 bits per heavy atom. The minimum Gasteiger partial charge on any atom is -0.484 e. The number of fused-ring (bicyclic) bond motifs is 1. The lowest BCUT2D eigenvalue weighted by Gasteiger charge is -2.24. The zero-order valence-corrected chi connectivity index (χ0v) is 28.9. The van der Waals surface area contributed by atoms with E-state index in [4.69, 9.17) is 14.2 Å². The van der Waals surface area contributed by atoms with E-state index < -0.39 is 17.9 Å². The van der Waals surface area contributed by atoms with Gasteiger partial charge in [0.2, 0.25) is 17.7 Å². The van der Waals surface area contributed by atoms with E-state index in [1.165, 1.54) is 11.1 Å². The van der Waals surface area contributed by atoms with Crippen LogP contribution in [0.5, 0.6) is 5.75 Å². The number of carbonyl (C=O) groups is 5. The van der Waals surface area contributed by atoms with Crippen molar-refractivity contribution in [1.29, 1.82) is 5.26 Å². The van der Waals surface area contributed by atoms with Gasteiger partial charge in [0.05, 0.1) is 62.1 Å². The van der Waals surface area contributed by atoms with Gasteiger partial charge in [0, 0.05) is 63.1 Å². The molecule has 52 heavy (non-hydrogen) atoms. The Labute approximate surface area is 300 Å². The number of hydrogen-bond donors (Lipinski definition) is 3. The van der Waals surface area contributed by atoms with Gasteiger partial charge in [-0.15, -0.1) is 0 Å². The van der Waals surface area contributed by atoms with Crippen molar-refractivity contribution in [3.8, 4) is 11.8 Å². The van der Waals surface area contributed by atoms with E-state index in [9.17, 15) is 29.2 Å². The number of ether oxygens (including phenoxy) is 3. The predicted molar refractivity (Wildman–Crippen MR) is 185 cm³/mol. The molecule has 0 radical (unpaired) electrons. The third-order valence-corrected chi connectivity index (χ3v) is 8.89. The molecule has 16 heteroatoms. The highest BCUT2D eigenvalue weighted by atomic mass is 16.5. The molecule has 3 atom stereocenters.